The van der Waals surface area contributed by atoms with Crippen LogP contribution in [0.1, 0.15) is 15.9 Å². The smallest absolute Gasteiger partial charge is 0.253 e. The molecule has 0 aliphatic carbocycles. The van der Waals surface area contributed by atoms with E-state index >= 15 is 0 Å². The van der Waals surface area contributed by atoms with E-state index in [1.54, 1.807) is 19.1 Å². The maximum atomic E-state index is 10.6. The van der Waals surface area contributed by atoms with E-state index in [0.717, 1.165) is 0 Å². The van der Waals surface area contributed by atoms with Gasteiger partial charge in [0.15, 0.2) is 0 Å². The van der Waals surface area contributed by atoms with Gasteiger partial charge in [-0.2, -0.15) is 0 Å². The van der Waals surface area contributed by atoms with Gasteiger partial charge in [-0.3, -0.25) is 4.79 Å². The summed E-state index contributed by atoms with van der Waals surface area (Å²) in [6, 6.07) is 5.76. The largest absolute Gasteiger partial charge is 0.507 e. The van der Waals surface area contributed by atoms with Crippen molar-refractivity contribution in [3.63, 3.8) is 0 Å². The second-order valence-corrected chi connectivity index (χ2v) is 2.25. The predicted molar refractivity (Wildman–Crippen MR) is 40.2 cm³/mol. The molecule has 0 aliphatic heterocycles. The van der Waals surface area contributed by atoms with Crippen molar-refractivity contribution in [3.8, 4) is 5.75 Å². The van der Waals surface area contributed by atoms with Gasteiger partial charge in [0.2, 0.25) is 0 Å². The van der Waals surface area contributed by atoms with Crippen LogP contribution in [0.15, 0.2) is 12.1 Å². The summed E-state index contributed by atoms with van der Waals surface area (Å²) >= 11 is 0. The van der Waals surface area contributed by atoms with Gasteiger partial charge >= 0.3 is 0 Å². The minimum absolute atomic E-state index is 0.0463. The third-order valence-electron chi connectivity index (χ3n) is 1.42. The first-order valence-electron chi connectivity index (χ1n) is 3.13. The molecule has 1 radical (unpaired) electrons. The lowest BCUT2D eigenvalue weighted by Crippen LogP contribution is -2.11. The fourth-order valence-corrected chi connectivity index (χ4v) is 0.782. The Balaban J connectivity index is 3.27. The summed E-state index contributed by atoms with van der Waals surface area (Å²) in [6.07, 6.45) is 0. The molecule has 0 fully saturated rings. The van der Waals surface area contributed by atoms with Gasteiger partial charge in [-0.05, 0) is 18.6 Å². The van der Waals surface area contributed by atoms with Crippen LogP contribution in [0, 0.1) is 13.0 Å². The molecule has 3 N–H and O–H groups in total. The van der Waals surface area contributed by atoms with Crippen LogP contribution in [-0.4, -0.2) is 11.0 Å². The molecular weight excluding hydrogens is 142 g/mol. The fourth-order valence-electron chi connectivity index (χ4n) is 0.782. The van der Waals surface area contributed by atoms with E-state index in [9.17, 15) is 9.90 Å². The molecule has 3 heteroatoms. The number of carbonyl (C=O) groups is 1. The van der Waals surface area contributed by atoms with Crippen LogP contribution >= 0.6 is 0 Å². The van der Waals surface area contributed by atoms with Crippen LogP contribution in [0.25, 0.3) is 0 Å². The minimum atomic E-state index is -0.661. The SMILES string of the molecule is Cc1cc[c]c(C(N)=O)c1O. The van der Waals surface area contributed by atoms with E-state index in [-0.39, 0.29) is 11.3 Å². The van der Waals surface area contributed by atoms with Crippen LogP contribution in [0.4, 0.5) is 0 Å². The van der Waals surface area contributed by atoms with E-state index in [4.69, 9.17) is 5.73 Å². The van der Waals surface area contributed by atoms with Crippen molar-refractivity contribution in [2.24, 2.45) is 5.73 Å². The van der Waals surface area contributed by atoms with Crippen LogP contribution in [0.3, 0.4) is 0 Å². The number of nitrogens with two attached hydrogens (primary N) is 1. The average Bonchev–Trinajstić information content (AvgIpc) is 1.94. The number of hydrogen-bond acceptors (Lipinski definition) is 2. The number of benzene rings is 1. The molecule has 11 heavy (non-hydrogen) atoms. The number of phenols is 1. The van der Waals surface area contributed by atoms with Crippen molar-refractivity contribution < 1.29 is 9.90 Å². The van der Waals surface area contributed by atoms with Crippen molar-refractivity contribution in [3.05, 3.63) is 29.3 Å². The highest BCUT2D eigenvalue weighted by atomic mass is 16.3. The first-order valence-corrected chi connectivity index (χ1v) is 3.13. The van der Waals surface area contributed by atoms with Crippen molar-refractivity contribution >= 4 is 5.91 Å². The third-order valence-corrected chi connectivity index (χ3v) is 1.42. The Morgan fingerprint density at radius 1 is 1.73 bits per heavy atom. The molecule has 0 saturated heterocycles. The zero-order valence-electron chi connectivity index (χ0n) is 6.09. The summed E-state index contributed by atoms with van der Waals surface area (Å²) in [5, 5.41) is 9.24. The molecule has 0 aliphatic rings. The van der Waals surface area contributed by atoms with Gasteiger partial charge in [0.05, 0.1) is 5.56 Å². The first-order chi connectivity index (χ1) is 5.13. The summed E-state index contributed by atoms with van der Waals surface area (Å²) in [6.45, 7) is 1.69. The number of primary amides is 1. The highest BCUT2D eigenvalue weighted by Gasteiger charge is 2.07. The van der Waals surface area contributed by atoms with Gasteiger partial charge in [-0.25, -0.2) is 0 Å². The Labute approximate surface area is 64.5 Å². The van der Waals surface area contributed by atoms with E-state index in [1.165, 1.54) is 0 Å². The molecule has 1 aromatic rings. The number of rotatable bonds is 1. The van der Waals surface area contributed by atoms with Gasteiger partial charge in [0, 0.05) is 0 Å². The van der Waals surface area contributed by atoms with E-state index in [0.29, 0.717) is 5.56 Å². The van der Waals surface area contributed by atoms with Gasteiger partial charge in [-0.15, -0.1) is 0 Å². The predicted octanol–water partition coefficient (Wildman–Crippen LogP) is 0.600. The topological polar surface area (TPSA) is 63.3 Å². The number of aromatic hydroxyl groups is 1. The summed E-state index contributed by atoms with van der Waals surface area (Å²) in [4.78, 5) is 10.6. The molecule has 57 valence electrons. The summed E-state index contributed by atoms with van der Waals surface area (Å²) in [7, 11) is 0. The Morgan fingerprint density at radius 2 is 2.36 bits per heavy atom. The average molecular weight is 150 g/mol. The van der Waals surface area contributed by atoms with Crippen molar-refractivity contribution in [1.82, 2.24) is 0 Å². The third kappa shape index (κ3) is 1.32. The van der Waals surface area contributed by atoms with E-state index < -0.39 is 5.91 Å². The lowest BCUT2D eigenvalue weighted by molar-refractivity contribution is 0.0997. The Hall–Kier alpha value is -1.51. The van der Waals surface area contributed by atoms with Crippen LogP contribution in [0.5, 0.6) is 5.75 Å². The number of carbonyl (C=O) groups excluding carboxylic acids is 1. The molecular formula is C8H8NO2. The zero-order valence-corrected chi connectivity index (χ0v) is 6.09. The lowest BCUT2D eigenvalue weighted by atomic mass is 10.1. The van der Waals surface area contributed by atoms with Crippen molar-refractivity contribution in [1.29, 1.82) is 0 Å². The lowest BCUT2D eigenvalue weighted by Gasteiger charge is -2.00. The summed E-state index contributed by atoms with van der Waals surface area (Å²) in [5.41, 5.74) is 5.62. The highest BCUT2D eigenvalue weighted by Crippen LogP contribution is 2.19. The molecule has 3 nitrogen and oxygen atoms in total. The fraction of sp³-hybridized carbons (Fsp3) is 0.125. The molecule has 0 unspecified atom stereocenters. The summed E-state index contributed by atoms with van der Waals surface area (Å²) in [5.74, 6) is -0.744. The monoisotopic (exact) mass is 150 g/mol. The molecule has 1 amide bonds. The number of aryl methyl sites for hydroxylation is 1. The Kier molecular flexibility index (Phi) is 1.81. The minimum Gasteiger partial charge on any atom is -0.507 e. The normalized spacial score (nSPS) is 9.55. The van der Waals surface area contributed by atoms with Crippen LogP contribution in [0.2, 0.25) is 0 Å². The molecule has 0 saturated carbocycles. The Bertz CT molecular complexity index is 294. The van der Waals surface area contributed by atoms with Crippen LogP contribution in [-0.2, 0) is 0 Å². The molecule has 1 rings (SSSR count). The van der Waals surface area contributed by atoms with Crippen molar-refractivity contribution in [2.75, 3.05) is 0 Å². The number of hydrogen-bond donors (Lipinski definition) is 2. The second-order valence-electron chi connectivity index (χ2n) is 2.25. The molecule has 0 heterocycles. The Morgan fingerprint density at radius 3 is 2.82 bits per heavy atom. The van der Waals surface area contributed by atoms with Gasteiger partial charge in [0.25, 0.3) is 5.91 Å². The zero-order chi connectivity index (χ0) is 8.43. The highest BCUT2D eigenvalue weighted by molar-refractivity contribution is 5.95. The van der Waals surface area contributed by atoms with E-state index in [1.807, 2.05) is 0 Å². The standard InChI is InChI=1S/C8H8NO2/c1-5-3-2-4-6(7(5)10)8(9)11/h2-3,10H,1H3,(H2,9,11). The van der Waals surface area contributed by atoms with Gasteiger partial charge in [-0.1, -0.05) is 12.1 Å². The van der Waals surface area contributed by atoms with E-state index in [2.05, 4.69) is 6.07 Å². The van der Waals surface area contributed by atoms with Crippen molar-refractivity contribution in [2.45, 2.75) is 6.92 Å². The molecule has 0 aromatic heterocycles. The second kappa shape index (κ2) is 2.62. The molecule has 1 aromatic carbocycles. The van der Waals surface area contributed by atoms with Gasteiger partial charge < -0.3 is 10.8 Å². The molecule has 0 spiro atoms. The van der Waals surface area contributed by atoms with Crippen LogP contribution < -0.4 is 5.73 Å². The first kappa shape index (κ1) is 7.60. The number of amides is 1. The van der Waals surface area contributed by atoms with Gasteiger partial charge in [0.1, 0.15) is 5.75 Å². The summed E-state index contributed by atoms with van der Waals surface area (Å²) < 4.78 is 0. The molecule has 0 bridgehead atoms. The maximum absolute atomic E-state index is 10.6. The maximum Gasteiger partial charge on any atom is 0.253 e. The quantitative estimate of drug-likeness (QED) is 0.615. The molecule has 0 atom stereocenters.